The summed E-state index contributed by atoms with van der Waals surface area (Å²) in [7, 11) is 0. The van der Waals surface area contributed by atoms with Crippen LogP contribution in [0.3, 0.4) is 0 Å². The van der Waals surface area contributed by atoms with Crippen LogP contribution in [0, 0.1) is 11.8 Å². The molecule has 0 bridgehead atoms. The van der Waals surface area contributed by atoms with Gasteiger partial charge in [0.1, 0.15) is 0 Å². The van der Waals surface area contributed by atoms with Crippen LogP contribution in [0.15, 0.2) is 0 Å². The summed E-state index contributed by atoms with van der Waals surface area (Å²) >= 11 is 0. The second-order valence-electron chi connectivity index (χ2n) is 5.39. The molecule has 0 aliphatic heterocycles. The molecule has 3 atom stereocenters. The quantitative estimate of drug-likeness (QED) is 0.787. The lowest BCUT2D eigenvalue weighted by Crippen LogP contribution is -2.23. The molecule has 0 amide bonds. The van der Waals surface area contributed by atoms with Crippen molar-refractivity contribution in [2.45, 2.75) is 59.0 Å². The van der Waals surface area contributed by atoms with Gasteiger partial charge in [-0.2, -0.15) is 0 Å². The van der Waals surface area contributed by atoms with E-state index in [9.17, 15) is 0 Å². The highest BCUT2D eigenvalue weighted by Crippen LogP contribution is 2.41. The third-order valence-electron chi connectivity index (χ3n) is 4.29. The van der Waals surface area contributed by atoms with E-state index in [1.807, 2.05) is 0 Å². The number of nitrogens with zero attached hydrogens (tertiary/aromatic N) is 4. The Morgan fingerprint density at radius 3 is 2.83 bits per heavy atom. The van der Waals surface area contributed by atoms with E-state index >= 15 is 0 Å². The number of aromatic nitrogens is 4. The van der Waals surface area contributed by atoms with Gasteiger partial charge in [0.05, 0.1) is 12.6 Å². The summed E-state index contributed by atoms with van der Waals surface area (Å²) in [5.74, 6) is 2.50. The van der Waals surface area contributed by atoms with Gasteiger partial charge >= 0.3 is 0 Å². The van der Waals surface area contributed by atoms with E-state index in [0.717, 1.165) is 31.3 Å². The Balaban J connectivity index is 2.02. The summed E-state index contributed by atoms with van der Waals surface area (Å²) in [6.07, 6.45) is 4.93. The molecule has 5 nitrogen and oxygen atoms in total. The van der Waals surface area contributed by atoms with E-state index in [2.05, 4.69) is 46.3 Å². The zero-order chi connectivity index (χ0) is 13.0. The third kappa shape index (κ3) is 2.71. The molecule has 1 aliphatic rings. The van der Waals surface area contributed by atoms with E-state index in [0.29, 0.717) is 12.0 Å². The van der Waals surface area contributed by atoms with Crippen molar-refractivity contribution in [1.29, 1.82) is 0 Å². The second kappa shape index (κ2) is 6.27. The van der Waals surface area contributed by atoms with Gasteiger partial charge in [-0.1, -0.05) is 27.2 Å². The normalized spacial score (nSPS) is 27.8. The molecule has 0 spiro atoms. The first-order chi connectivity index (χ1) is 8.77. The van der Waals surface area contributed by atoms with Gasteiger partial charge in [0.25, 0.3) is 0 Å². The van der Waals surface area contributed by atoms with Crippen LogP contribution in [0.2, 0.25) is 0 Å². The van der Waals surface area contributed by atoms with Crippen molar-refractivity contribution < 1.29 is 0 Å². The highest BCUT2D eigenvalue weighted by atomic mass is 15.6. The molecule has 18 heavy (non-hydrogen) atoms. The minimum atomic E-state index is 0.489. The van der Waals surface area contributed by atoms with Gasteiger partial charge in [0.15, 0.2) is 5.82 Å². The van der Waals surface area contributed by atoms with E-state index < -0.39 is 0 Å². The molecule has 3 unspecified atom stereocenters. The van der Waals surface area contributed by atoms with Crippen LogP contribution >= 0.6 is 0 Å². The Labute approximate surface area is 109 Å². The standard InChI is InChI=1S/C13H25N5/c1-4-8-14-9-13-15-16-17-18(13)12-7-6-11(5-2)10(12)3/h10-12,14H,4-9H2,1-3H3. The lowest BCUT2D eigenvalue weighted by atomic mass is 9.93. The Hall–Kier alpha value is -0.970. The molecule has 1 fully saturated rings. The fourth-order valence-corrected chi connectivity index (χ4v) is 3.11. The molecule has 102 valence electrons. The summed E-state index contributed by atoms with van der Waals surface area (Å²) in [6, 6.07) is 0.489. The van der Waals surface area contributed by atoms with Gasteiger partial charge in [-0.05, 0) is 48.1 Å². The molecule has 1 aliphatic carbocycles. The van der Waals surface area contributed by atoms with Crippen LogP contribution in [0.25, 0.3) is 0 Å². The van der Waals surface area contributed by atoms with Crippen molar-refractivity contribution in [2.75, 3.05) is 6.54 Å². The monoisotopic (exact) mass is 251 g/mol. The Kier molecular flexibility index (Phi) is 4.69. The summed E-state index contributed by atoms with van der Waals surface area (Å²) in [6.45, 7) is 8.59. The summed E-state index contributed by atoms with van der Waals surface area (Å²) in [5, 5.41) is 15.6. The largest absolute Gasteiger partial charge is 0.310 e. The molecule has 0 saturated heterocycles. The Morgan fingerprint density at radius 1 is 1.33 bits per heavy atom. The van der Waals surface area contributed by atoms with Crippen LogP contribution < -0.4 is 5.32 Å². The summed E-state index contributed by atoms with van der Waals surface area (Å²) < 4.78 is 2.06. The maximum atomic E-state index is 4.21. The molecule has 1 saturated carbocycles. The van der Waals surface area contributed by atoms with E-state index in [1.54, 1.807) is 0 Å². The number of rotatable bonds is 6. The van der Waals surface area contributed by atoms with Crippen molar-refractivity contribution in [1.82, 2.24) is 25.5 Å². The fourth-order valence-electron chi connectivity index (χ4n) is 3.11. The first-order valence-corrected chi connectivity index (χ1v) is 7.25. The van der Waals surface area contributed by atoms with Crippen molar-refractivity contribution in [3.8, 4) is 0 Å². The van der Waals surface area contributed by atoms with Gasteiger partial charge in [-0.25, -0.2) is 4.68 Å². The highest BCUT2D eigenvalue weighted by Gasteiger charge is 2.34. The van der Waals surface area contributed by atoms with Crippen LogP contribution in [0.5, 0.6) is 0 Å². The SMILES string of the molecule is CCCNCc1nnnn1C1CCC(CC)C1C. The summed E-state index contributed by atoms with van der Waals surface area (Å²) in [4.78, 5) is 0. The molecule has 1 N–H and O–H groups in total. The van der Waals surface area contributed by atoms with Crippen molar-refractivity contribution >= 4 is 0 Å². The highest BCUT2D eigenvalue weighted by molar-refractivity contribution is 4.91. The summed E-state index contributed by atoms with van der Waals surface area (Å²) in [5.41, 5.74) is 0. The van der Waals surface area contributed by atoms with Crippen molar-refractivity contribution in [3.63, 3.8) is 0 Å². The minimum absolute atomic E-state index is 0.489. The molecule has 0 radical (unpaired) electrons. The first kappa shape index (κ1) is 13.5. The minimum Gasteiger partial charge on any atom is -0.310 e. The number of nitrogens with one attached hydrogen (secondary N) is 1. The molecular weight excluding hydrogens is 226 g/mol. The van der Waals surface area contributed by atoms with Gasteiger partial charge in [-0.15, -0.1) is 5.10 Å². The number of hydrogen-bond acceptors (Lipinski definition) is 4. The predicted octanol–water partition coefficient (Wildman–Crippen LogP) is 2.17. The zero-order valence-corrected chi connectivity index (χ0v) is 11.8. The van der Waals surface area contributed by atoms with Crippen LogP contribution in [-0.4, -0.2) is 26.8 Å². The molecule has 5 heteroatoms. The van der Waals surface area contributed by atoms with E-state index in [-0.39, 0.29) is 0 Å². The lowest BCUT2D eigenvalue weighted by molar-refractivity contribution is 0.300. The van der Waals surface area contributed by atoms with Crippen molar-refractivity contribution in [2.24, 2.45) is 11.8 Å². The fraction of sp³-hybridized carbons (Fsp3) is 0.923. The Bertz CT molecular complexity index is 362. The van der Waals surface area contributed by atoms with Gasteiger partial charge < -0.3 is 5.32 Å². The molecule has 1 aromatic heterocycles. The second-order valence-corrected chi connectivity index (χ2v) is 5.39. The van der Waals surface area contributed by atoms with Crippen molar-refractivity contribution in [3.05, 3.63) is 5.82 Å². The third-order valence-corrected chi connectivity index (χ3v) is 4.29. The maximum absolute atomic E-state index is 4.21. The molecular formula is C13H25N5. The van der Waals surface area contributed by atoms with Crippen LogP contribution in [0.4, 0.5) is 0 Å². The molecule has 1 aromatic rings. The predicted molar refractivity (Wildman–Crippen MR) is 71.0 cm³/mol. The van der Waals surface area contributed by atoms with E-state index in [4.69, 9.17) is 0 Å². The van der Waals surface area contributed by atoms with Gasteiger partial charge in [0, 0.05) is 0 Å². The van der Waals surface area contributed by atoms with Gasteiger partial charge in [-0.3, -0.25) is 0 Å². The van der Waals surface area contributed by atoms with E-state index in [1.165, 1.54) is 19.3 Å². The Morgan fingerprint density at radius 2 is 2.17 bits per heavy atom. The first-order valence-electron chi connectivity index (χ1n) is 7.25. The smallest absolute Gasteiger partial charge is 0.165 e. The topological polar surface area (TPSA) is 55.6 Å². The number of hydrogen-bond donors (Lipinski definition) is 1. The lowest BCUT2D eigenvalue weighted by Gasteiger charge is -2.20. The van der Waals surface area contributed by atoms with Gasteiger partial charge in [0.2, 0.25) is 0 Å². The average molecular weight is 251 g/mol. The molecule has 1 heterocycles. The number of tetrazole rings is 1. The van der Waals surface area contributed by atoms with Crippen LogP contribution in [-0.2, 0) is 6.54 Å². The molecule has 0 aromatic carbocycles. The molecule has 2 rings (SSSR count). The maximum Gasteiger partial charge on any atom is 0.165 e. The zero-order valence-electron chi connectivity index (χ0n) is 11.8. The average Bonchev–Trinajstić information content (AvgIpc) is 2.96. The van der Waals surface area contributed by atoms with Crippen LogP contribution in [0.1, 0.15) is 58.3 Å².